The molecule has 8 heteroatoms. The van der Waals surface area contributed by atoms with E-state index in [1.54, 1.807) is 22.1 Å². The maximum absolute atomic E-state index is 5.71. The van der Waals surface area contributed by atoms with Gasteiger partial charge in [-0.25, -0.2) is 9.97 Å². The second-order valence-corrected chi connectivity index (χ2v) is 7.77. The Morgan fingerprint density at radius 2 is 2.27 bits per heavy atom. The first-order valence-electron chi connectivity index (χ1n) is 8.76. The van der Waals surface area contributed by atoms with Gasteiger partial charge in [-0.3, -0.25) is 0 Å². The van der Waals surface area contributed by atoms with E-state index in [9.17, 15) is 0 Å². The van der Waals surface area contributed by atoms with E-state index >= 15 is 0 Å². The fourth-order valence-corrected chi connectivity index (χ4v) is 4.37. The Bertz CT molecular complexity index is 1080. The van der Waals surface area contributed by atoms with Crippen LogP contribution >= 0.6 is 11.3 Å². The SMILES string of the molecule is Cc1sc2nc(NCC3CCCO3)n3nc(-c4ccco4)nc3c2c1C. The molecule has 7 nitrogen and oxygen atoms in total. The Morgan fingerprint density at radius 3 is 3.04 bits per heavy atom. The summed E-state index contributed by atoms with van der Waals surface area (Å²) in [6, 6.07) is 3.70. The molecule has 5 heterocycles. The summed E-state index contributed by atoms with van der Waals surface area (Å²) in [5, 5.41) is 9.12. The van der Waals surface area contributed by atoms with Crippen LogP contribution in [0.2, 0.25) is 0 Å². The molecule has 0 bridgehead atoms. The normalized spacial score (nSPS) is 17.5. The average molecular weight is 369 g/mol. The summed E-state index contributed by atoms with van der Waals surface area (Å²) in [6.07, 6.45) is 4.04. The van der Waals surface area contributed by atoms with E-state index in [1.165, 1.54) is 10.4 Å². The zero-order valence-electron chi connectivity index (χ0n) is 14.7. The van der Waals surface area contributed by atoms with Gasteiger partial charge in [0.1, 0.15) is 4.83 Å². The number of hydrogen-bond acceptors (Lipinski definition) is 7. The number of fused-ring (bicyclic) bond motifs is 3. The standard InChI is InChI=1S/C18H19N5O2S/c1-10-11(2)26-17-14(10)16-20-15(13-6-4-8-25-13)22-23(16)18(21-17)19-9-12-5-3-7-24-12/h4,6,8,12H,3,5,7,9H2,1-2H3,(H,19,21). The first kappa shape index (κ1) is 15.8. The van der Waals surface area contributed by atoms with Crippen molar-refractivity contribution in [2.75, 3.05) is 18.5 Å². The van der Waals surface area contributed by atoms with Crippen LogP contribution in [0.25, 0.3) is 27.4 Å². The Morgan fingerprint density at radius 1 is 1.35 bits per heavy atom. The highest BCUT2D eigenvalue weighted by Crippen LogP contribution is 2.33. The van der Waals surface area contributed by atoms with Gasteiger partial charge in [0.2, 0.25) is 11.8 Å². The Labute approximate surface area is 154 Å². The van der Waals surface area contributed by atoms with E-state index in [2.05, 4.69) is 24.3 Å². The molecule has 4 aromatic rings. The van der Waals surface area contributed by atoms with Crippen molar-refractivity contribution in [3.05, 3.63) is 28.8 Å². The number of furan rings is 1. The van der Waals surface area contributed by atoms with Gasteiger partial charge in [-0.15, -0.1) is 16.4 Å². The predicted molar refractivity (Wildman–Crippen MR) is 101 cm³/mol. The molecule has 1 aliphatic rings. The summed E-state index contributed by atoms with van der Waals surface area (Å²) in [5.74, 6) is 1.90. The van der Waals surface area contributed by atoms with Gasteiger partial charge in [0.05, 0.1) is 17.8 Å². The van der Waals surface area contributed by atoms with Crippen LogP contribution < -0.4 is 5.32 Å². The number of anilines is 1. The maximum atomic E-state index is 5.71. The molecule has 0 spiro atoms. The van der Waals surface area contributed by atoms with Crippen LogP contribution in [0.1, 0.15) is 23.3 Å². The van der Waals surface area contributed by atoms with Crippen molar-refractivity contribution >= 4 is 33.1 Å². The number of nitrogens with one attached hydrogen (secondary N) is 1. The van der Waals surface area contributed by atoms with E-state index in [4.69, 9.17) is 19.1 Å². The molecule has 1 saturated heterocycles. The molecule has 0 amide bonds. The molecule has 1 N–H and O–H groups in total. The molecule has 5 rings (SSSR count). The summed E-state index contributed by atoms with van der Waals surface area (Å²) < 4.78 is 13.0. The minimum atomic E-state index is 0.224. The Hall–Kier alpha value is -2.45. The summed E-state index contributed by atoms with van der Waals surface area (Å²) in [7, 11) is 0. The van der Waals surface area contributed by atoms with Crippen LogP contribution in [0.5, 0.6) is 0 Å². The molecular formula is C18H19N5O2S. The average Bonchev–Trinajstić information content (AvgIpc) is 3.41. The van der Waals surface area contributed by atoms with Crippen LogP contribution in [0, 0.1) is 13.8 Å². The lowest BCUT2D eigenvalue weighted by atomic mass is 10.2. The predicted octanol–water partition coefficient (Wildman–Crippen LogP) is 3.81. The summed E-state index contributed by atoms with van der Waals surface area (Å²) >= 11 is 1.69. The summed E-state index contributed by atoms with van der Waals surface area (Å²) in [4.78, 5) is 11.8. The highest BCUT2D eigenvalue weighted by molar-refractivity contribution is 7.18. The van der Waals surface area contributed by atoms with Crippen molar-refractivity contribution in [3.63, 3.8) is 0 Å². The highest BCUT2D eigenvalue weighted by Gasteiger charge is 2.21. The van der Waals surface area contributed by atoms with Gasteiger partial charge in [0.25, 0.3) is 0 Å². The molecule has 0 aliphatic carbocycles. The zero-order chi connectivity index (χ0) is 17.7. The third kappa shape index (κ3) is 2.48. The minimum Gasteiger partial charge on any atom is -0.461 e. The molecule has 0 radical (unpaired) electrons. The quantitative estimate of drug-likeness (QED) is 0.589. The van der Waals surface area contributed by atoms with E-state index in [0.717, 1.165) is 35.3 Å². The molecular weight excluding hydrogens is 350 g/mol. The molecule has 1 aliphatic heterocycles. The third-order valence-corrected chi connectivity index (χ3v) is 5.96. The molecule has 1 unspecified atom stereocenters. The summed E-state index contributed by atoms with van der Waals surface area (Å²) in [6.45, 7) is 5.77. The molecule has 1 fully saturated rings. The van der Waals surface area contributed by atoms with Crippen molar-refractivity contribution < 1.29 is 9.15 Å². The fourth-order valence-electron chi connectivity index (χ4n) is 3.35. The topological polar surface area (TPSA) is 77.5 Å². The van der Waals surface area contributed by atoms with Gasteiger partial charge in [-0.05, 0) is 44.4 Å². The molecule has 0 aromatic carbocycles. The van der Waals surface area contributed by atoms with Crippen LogP contribution in [-0.4, -0.2) is 38.8 Å². The number of aryl methyl sites for hydroxylation is 2. The van der Waals surface area contributed by atoms with Gasteiger partial charge < -0.3 is 14.5 Å². The largest absolute Gasteiger partial charge is 0.461 e. The molecule has 1 atom stereocenters. The molecule has 4 aromatic heterocycles. The van der Waals surface area contributed by atoms with Gasteiger partial charge in [0.15, 0.2) is 11.4 Å². The second-order valence-electron chi connectivity index (χ2n) is 6.56. The van der Waals surface area contributed by atoms with Crippen LogP contribution in [0.4, 0.5) is 5.95 Å². The first-order chi connectivity index (χ1) is 12.7. The number of ether oxygens (including phenoxy) is 1. The van der Waals surface area contributed by atoms with E-state index < -0.39 is 0 Å². The smallest absolute Gasteiger partial charge is 0.227 e. The van der Waals surface area contributed by atoms with Gasteiger partial charge in [-0.2, -0.15) is 4.52 Å². The van der Waals surface area contributed by atoms with Gasteiger partial charge >= 0.3 is 0 Å². The number of rotatable bonds is 4. The van der Waals surface area contributed by atoms with E-state index in [0.29, 0.717) is 24.1 Å². The van der Waals surface area contributed by atoms with E-state index in [1.807, 2.05) is 12.1 Å². The lowest BCUT2D eigenvalue weighted by molar-refractivity contribution is 0.120. The third-order valence-electron chi connectivity index (χ3n) is 4.86. The summed E-state index contributed by atoms with van der Waals surface area (Å²) in [5.41, 5.74) is 2.00. The van der Waals surface area contributed by atoms with Crippen molar-refractivity contribution in [2.24, 2.45) is 0 Å². The van der Waals surface area contributed by atoms with Gasteiger partial charge in [-0.1, -0.05) is 0 Å². The lowest BCUT2D eigenvalue weighted by Crippen LogP contribution is -2.20. The van der Waals surface area contributed by atoms with E-state index in [-0.39, 0.29) is 6.10 Å². The van der Waals surface area contributed by atoms with Crippen molar-refractivity contribution in [1.29, 1.82) is 0 Å². The van der Waals surface area contributed by atoms with Crippen molar-refractivity contribution in [2.45, 2.75) is 32.8 Å². The molecule has 0 saturated carbocycles. The molecule has 26 heavy (non-hydrogen) atoms. The highest BCUT2D eigenvalue weighted by atomic mass is 32.1. The van der Waals surface area contributed by atoms with Gasteiger partial charge in [0, 0.05) is 18.0 Å². The minimum absolute atomic E-state index is 0.224. The van der Waals surface area contributed by atoms with Crippen LogP contribution in [0.15, 0.2) is 22.8 Å². The zero-order valence-corrected chi connectivity index (χ0v) is 15.5. The lowest BCUT2D eigenvalue weighted by Gasteiger charge is -2.12. The van der Waals surface area contributed by atoms with Crippen molar-refractivity contribution in [3.8, 4) is 11.6 Å². The number of nitrogens with zero attached hydrogens (tertiary/aromatic N) is 4. The van der Waals surface area contributed by atoms with Crippen molar-refractivity contribution in [1.82, 2.24) is 19.6 Å². The van der Waals surface area contributed by atoms with Crippen LogP contribution in [0.3, 0.4) is 0 Å². The second kappa shape index (κ2) is 6.07. The number of hydrogen-bond donors (Lipinski definition) is 1. The van der Waals surface area contributed by atoms with Crippen LogP contribution in [-0.2, 0) is 4.74 Å². The number of aromatic nitrogens is 4. The molecule has 134 valence electrons. The first-order valence-corrected chi connectivity index (χ1v) is 9.58. The number of thiophene rings is 1. The Kier molecular flexibility index (Phi) is 3.68. The Balaban J connectivity index is 1.66. The maximum Gasteiger partial charge on any atom is 0.227 e. The monoisotopic (exact) mass is 369 g/mol. The fraction of sp³-hybridized carbons (Fsp3) is 0.389.